The summed E-state index contributed by atoms with van der Waals surface area (Å²) in [6, 6.07) is 25.2. The minimum absolute atomic E-state index is 0.249. The van der Waals surface area contributed by atoms with Crippen LogP contribution in [0.1, 0.15) is 11.4 Å². The number of nitrogens with zero attached hydrogens (tertiary/aromatic N) is 5. The van der Waals surface area contributed by atoms with E-state index in [1.54, 1.807) is 10.8 Å². The second-order valence-corrected chi connectivity index (χ2v) is 7.96. The standard InChI is InChI=1S/C27H20N6O2/c34-26(28-17-25-30-29-24-12-6-7-15-32(24)25)14-13-20-18-33(21-9-2-1-3-10-21)31-27(20)23-16-19-8-4-5-11-22(19)35-23/h1-16,18H,17H2,(H,28,34)/b14-13-. The first-order valence-corrected chi connectivity index (χ1v) is 11.1. The molecule has 1 amide bonds. The Morgan fingerprint density at radius 1 is 0.971 bits per heavy atom. The van der Waals surface area contributed by atoms with Gasteiger partial charge in [-0.3, -0.25) is 9.20 Å². The normalized spacial score (nSPS) is 11.5. The summed E-state index contributed by atoms with van der Waals surface area (Å²) < 4.78 is 9.68. The highest BCUT2D eigenvalue weighted by molar-refractivity contribution is 5.93. The summed E-state index contributed by atoms with van der Waals surface area (Å²) in [7, 11) is 0. The van der Waals surface area contributed by atoms with Crippen molar-refractivity contribution in [3.63, 3.8) is 0 Å². The largest absolute Gasteiger partial charge is 0.454 e. The number of pyridine rings is 1. The van der Waals surface area contributed by atoms with Crippen molar-refractivity contribution in [1.29, 1.82) is 0 Å². The highest BCUT2D eigenvalue weighted by Gasteiger charge is 2.15. The van der Waals surface area contributed by atoms with Crippen LogP contribution in [0, 0.1) is 0 Å². The van der Waals surface area contributed by atoms with Crippen LogP contribution in [-0.2, 0) is 11.3 Å². The van der Waals surface area contributed by atoms with E-state index in [0.29, 0.717) is 17.3 Å². The molecule has 0 unspecified atom stereocenters. The van der Waals surface area contributed by atoms with Gasteiger partial charge in [-0.1, -0.05) is 42.5 Å². The lowest BCUT2D eigenvalue weighted by Crippen LogP contribution is -2.21. The lowest BCUT2D eigenvalue weighted by molar-refractivity contribution is -0.116. The lowest BCUT2D eigenvalue weighted by atomic mass is 10.2. The van der Waals surface area contributed by atoms with E-state index in [4.69, 9.17) is 9.52 Å². The number of carbonyl (C=O) groups is 1. The third-order valence-electron chi connectivity index (χ3n) is 5.64. The number of rotatable bonds is 6. The average molecular weight is 460 g/mol. The number of hydrogen-bond donors (Lipinski definition) is 1. The van der Waals surface area contributed by atoms with Crippen molar-refractivity contribution in [2.24, 2.45) is 0 Å². The zero-order chi connectivity index (χ0) is 23.6. The van der Waals surface area contributed by atoms with Gasteiger partial charge in [0.15, 0.2) is 17.2 Å². The van der Waals surface area contributed by atoms with Gasteiger partial charge in [-0.05, 0) is 42.5 Å². The molecule has 8 heteroatoms. The number of amides is 1. The summed E-state index contributed by atoms with van der Waals surface area (Å²) >= 11 is 0. The van der Waals surface area contributed by atoms with Crippen LogP contribution in [0.3, 0.4) is 0 Å². The van der Waals surface area contributed by atoms with Gasteiger partial charge in [0.1, 0.15) is 11.3 Å². The molecule has 0 saturated heterocycles. The first-order chi connectivity index (χ1) is 17.2. The van der Waals surface area contributed by atoms with Crippen LogP contribution < -0.4 is 5.32 Å². The summed E-state index contributed by atoms with van der Waals surface area (Å²) in [5.41, 5.74) is 3.84. The lowest BCUT2D eigenvalue weighted by Gasteiger charge is -2.00. The second-order valence-electron chi connectivity index (χ2n) is 7.96. The molecule has 4 aromatic heterocycles. The molecule has 0 spiro atoms. The molecule has 8 nitrogen and oxygen atoms in total. The van der Waals surface area contributed by atoms with Gasteiger partial charge >= 0.3 is 0 Å². The Morgan fingerprint density at radius 3 is 2.69 bits per heavy atom. The molecule has 0 fully saturated rings. The van der Waals surface area contributed by atoms with Crippen molar-refractivity contribution in [3.05, 3.63) is 109 Å². The number of fused-ring (bicyclic) bond motifs is 2. The van der Waals surface area contributed by atoms with Gasteiger partial charge in [0, 0.05) is 29.4 Å². The van der Waals surface area contributed by atoms with E-state index in [0.717, 1.165) is 27.9 Å². The van der Waals surface area contributed by atoms with Crippen LogP contribution in [0.15, 0.2) is 102 Å². The predicted octanol–water partition coefficient (Wildman–Crippen LogP) is 4.66. The van der Waals surface area contributed by atoms with E-state index in [9.17, 15) is 4.79 Å². The smallest absolute Gasteiger partial charge is 0.244 e. The topological polar surface area (TPSA) is 90.2 Å². The molecule has 0 aliphatic carbocycles. The van der Waals surface area contributed by atoms with Gasteiger partial charge < -0.3 is 9.73 Å². The third kappa shape index (κ3) is 4.08. The number of carbonyl (C=O) groups excluding carboxylic acids is 1. The zero-order valence-corrected chi connectivity index (χ0v) is 18.6. The monoisotopic (exact) mass is 460 g/mol. The van der Waals surface area contributed by atoms with E-state index in [2.05, 4.69) is 15.5 Å². The summed E-state index contributed by atoms with van der Waals surface area (Å²) in [6.07, 6.45) is 6.98. The molecule has 35 heavy (non-hydrogen) atoms. The van der Waals surface area contributed by atoms with E-state index in [1.165, 1.54) is 6.08 Å². The number of hydrogen-bond acceptors (Lipinski definition) is 5. The molecule has 0 atom stereocenters. The molecule has 0 aliphatic heterocycles. The number of furan rings is 1. The summed E-state index contributed by atoms with van der Waals surface area (Å²) in [6.45, 7) is 0.258. The molecule has 2 aromatic carbocycles. The number of para-hydroxylation sites is 2. The summed E-state index contributed by atoms with van der Waals surface area (Å²) in [4.78, 5) is 12.6. The minimum atomic E-state index is -0.249. The Morgan fingerprint density at radius 2 is 1.80 bits per heavy atom. The van der Waals surface area contributed by atoms with Gasteiger partial charge in [0.2, 0.25) is 5.91 Å². The van der Waals surface area contributed by atoms with Crippen molar-refractivity contribution in [2.75, 3.05) is 0 Å². The first kappa shape index (κ1) is 20.6. The van der Waals surface area contributed by atoms with E-state index >= 15 is 0 Å². The number of aromatic nitrogens is 5. The van der Waals surface area contributed by atoms with Crippen molar-refractivity contribution >= 4 is 28.6 Å². The third-order valence-corrected chi connectivity index (χ3v) is 5.64. The Labute approximate surface area is 200 Å². The Hall–Kier alpha value is -4.98. The van der Waals surface area contributed by atoms with Gasteiger partial charge in [-0.25, -0.2) is 4.68 Å². The van der Waals surface area contributed by atoms with Crippen LogP contribution >= 0.6 is 0 Å². The molecule has 1 N–H and O–H groups in total. The maximum Gasteiger partial charge on any atom is 0.244 e. The number of benzene rings is 2. The maximum absolute atomic E-state index is 12.6. The number of nitrogens with one attached hydrogen (secondary N) is 1. The Bertz CT molecular complexity index is 1640. The molecule has 4 heterocycles. The molecular weight excluding hydrogens is 440 g/mol. The summed E-state index contributed by atoms with van der Waals surface area (Å²) in [5.74, 6) is 1.04. The quantitative estimate of drug-likeness (QED) is 0.365. The minimum Gasteiger partial charge on any atom is -0.454 e. The van der Waals surface area contributed by atoms with Crippen molar-refractivity contribution in [3.8, 4) is 17.1 Å². The molecule has 170 valence electrons. The van der Waals surface area contributed by atoms with Crippen LogP contribution in [0.2, 0.25) is 0 Å². The van der Waals surface area contributed by atoms with Crippen LogP contribution in [0.25, 0.3) is 39.8 Å². The fourth-order valence-corrected chi connectivity index (χ4v) is 3.91. The molecule has 0 aliphatic rings. The van der Waals surface area contributed by atoms with E-state index in [-0.39, 0.29) is 12.5 Å². The summed E-state index contributed by atoms with van der Waals surface area (Å²) in [5, 5.41) is 16.9. The van der Waals surface area contributed by atoms with E-state index in [1.807, 2.05) is 95.7 Å². The molecule has 0 saturated carbocycles. The van der Waals surface area contributed by atoms with Gasteiger partial charge in [0.25, 0.3) is 0 Å². The van der Waals surface area contributed by atoms with Crippen LogP contribution in [0.4, 0.5) is 0 Å². The Balaban J connectivity index is 1.28. The van der Waals surface area contributed by atoms with Crippen molar-refractivity contribution in [2.45, 2.75) is 6.54 Å². The van der Waals surface area contributed by atoms with Gasteiger partial charge in [-0.15, -0.1) is 10.2 Å². The maximum atomic E-state index is 12.6. The molecule has 6 rings (SSSR count). The molecular formula is C27H20N6O2. The molecule has 0 bridgehead atoms. The van der Waals surface area contributed by atoms with Crippen LogP contribution in [0.5, 0.6) is 0 Å². The second kappa shape index (κ2) is 8.75. The van der Waals surface area contributed by atoms with Gasteiger partial charge in [-0.2, -0.15) is 5.10 Å². The molecule has 0 radical (unpaired) electrons. The van der Waals surface area contributed by atoms with E-state index < -0.39 is 0 Å². The SMILES string of the molecule is O=C(/C=C\c1cn(-c2ccccc2)nc1-c1cc2ccccc2o1)NCc1nnc2ccccn12. The van der Waals surface area contributed by atoms with Crippen molar-refractivity contribution < 1.29 is 9.21 Å². The highest BCUT2D eigenvalue weighted by Crippen LogP contribution is 2.30. The first-order valence-electron chi connectivity index (χ1n) is 11.1. The van der Waals surface area contributed by atoms with Crippen LogP contribution in [-0.4, -0.2) is 30.3 Å². The highest BCUT2D eigenvalue weighted by atomic mass is 16.3. The predicted molar refractivity (Wildman–Crippen MR) is 133 cm³/mol. The van der Waals surface area contributed by atoms with Crippen molar-refractivity contribution in [1.82, 2.24) is 29.7 Å². The average Bonchev–Trinajstić information content (AvgIpc) is 3.63. The fraction of sp³-hybridized carbons (Fsp3) is 0.0370. The van der Waals surface area contributed by atoms with Gasteiger partial charge in [0.05, 0.1) is 12.2 Å². The fourth-order valence-electron chi connectivity index (χ4n) is 3.91. The zero-order valence-electron chi connectivity index (χ0n) is 18.6. The molecule has 6 aromatic rings. The Kier molecular flexibility index (Phi) is 5.16.